The topological polar surface area (TPSA) is 23.5 Å². The van der Waals surface area contributed by atoms with Crippen LogP contribution in [0.2, 0.25) is 0 Å². The monoisotopic (exact) mass is 245 g/mol. The zero-order valence-electron chi connectivity index (χ0n) is 11.4. The van der Waals surface area contributed by atoms with Gasteiger partial charge in [-0.2, -0.15) is 0 Å². The van der Waals surface area contributed by atoms with E-state index in [0.717, 1.165) is 6.42 Å². The largest absolute Gasteiger partial charge is 0.508 e. The fraction of sp³-hybridized carbons (Fsp3) is 0.625. The normalized spacial score (nSPS) is 31.1. The molecule has 18 heavy (non-hydrogen) atoms. The Labute approximate surface area is 110 Å². The van der Waals surface area contributed by atoms with Crippen molar-refractivity contribution in [1.29, 1.82) is 0 Å². The Kier molecular flexibility index (Phi) is 2.86. The molecule has 0 spiro atoms. The van der Waals surface area contributed by atoms with Gasteiger partial charge in [0.15, 0.2) is 0 Å². The number of phenols is 1. The lowest BCUT2D eigenvalue weighted by molar-refractivity contribution is 0.0972. The highest BCUT2D eigenvalue weighted by Gasteiger charge is 2.44. The van der Waals surface area contributed by atoms with E-state index < -0.39 is 0 Å². The first-order valence-corrected chi connectivity index (χ1v) is 7.17. The Balaban J connectivity index is 2.09. The van der Waals surface area contributed by atoms with Gasteiger partial charge in [0.05, 0.1) is 0 Å². The van der Waals surface area contributed by atoms with Crippen molar-refractivity contribution in [2.45, 2.75) is 50.5 Å². The van der Waals surface area contributed by atoms with E-state index in [9.17, 15) is 5.11 Å². The van der Waals surface area contributed by atoms with Gasteiger partial charge >= 0.3 is 0 Å². The molecule has 2 bridgehead atoms. The maximum absolute atomic E-state index is 9.81. The summed E-state index contributed by atoms with van der Waals surface area (Å²) in [5.41, 5.74) is 3.23. The van der Waals surface area contributed by atoms with Crippen LogP contribution < -0.4 is 0 Å². The minimum Gasteiger partial charge on any atom is -0.508 e. The molecule has 1 aromatic carbocycles. The second-order valence-corrected chi connectivity index (χ2v) is 6.16. The van der Waals surface area contributed by atoms with E-state index in [0.29, 0.717) is 17.2 Å². The van der Waals surface area contributed by atoms with Crippen molar-refractivity contribution in [2.75, 3.05) is 13.6 Å². The second-order valence-electron chi connectivity index (χ2n) is 6.16. The fourth-order valence-electron chi connectivity index (χ4n) is 4.08. The third-order valence-electron chi connectivity index (χ3n) is 5.04. The maximum atomic E-state index is 9.81. The summed E-state index contributed by atoms with van der Waals surface area (Å²) < 4.78 is 0. The molecule has 2 aliphatic rings. The van der Waals surface area contributed by atoms with E-state index in [-0.39, 0.29) is 0 Å². The molecular weight excluding hydrogens is 222 g/mol. The summed E-state index contributed by atoms with van der Waals surface area (Å²) in [5.74, 6) is 0.432. The van der Waals surface area contributed by atoms with Gasteiger partial charge in [0.2, 0.25) is 0 Å². The molecule has 1 saturated heterocycles. The third-order valence-corrected chi connectivity index (χ3v) is 5.04. The van der Waals surface area contributed by atoms with Gasteiger partial charge in [0.1, 0.15) is 5.75 Å². The van der Waals surface area contributed by atoms with Crippen LogP contribution >= 0.6 is 0 Å². The van der Waals surface area contributed by atoms with Crippen molar-refractivity contribution in [1.82, 2.24) is 4.90 Å². The number of likely N-dealkylation sites (tertiary alicyclic amines) is 1. The first-order valence-electron chi connectivity index (χ1n) is 7.17. The number of hydrogen-bond donors (Lipinski definition) is 1. The van der Waals surface area contributed by atoms with Crippen LogP contribution in [0.15, 0.2) is 18.2 Å². The summed E-state index contributed by atoms with van der Waals surface area (Å²) in [6, 6.07) is 6.72. The summed E-state index contributed by atoms with van der Waals surface area (Å²) in [5, 5.41) is 9.81. The molecular formula is C16H23NO. The maximum Gasteiger partial charge on any atom is 0.115 e. The number of likely N-dealkylation sites (N-methyl/N-ethyl adjacent to an activating group) is 1. The molecule has 2 heteroatoms. The number of aromatic hydroxyl groups is 1. The Morgan fingerprint density at radius 3 is 3.06 bits per heavy atom. The van der Waals surface area contributed by atoms with Crippen LogP contribution in [-0.2, 0) is 11.8 Å². The summed E-state index contributed by atoms with van der Waals surface area (Å²) in [7, 11) is 2.26. The lowest BCUT2D eigenvalue weighted by Crippen LogP contribution is -2.51. The summed E-state index contributed by atoms with van der Waals surface area (Å²) in [6.07, 6.45) is 6.15. The average Bonchev–Trinajstić information content (AvgIpc) is 2.36. The Hall–Kier alpha value is -1.02. The van der Waals surface area contributed by atoms with Crippen LogP contribution in [0.25, 0.3) is 0 Å². The van der Waals surface area contributed by atoms with Gasteiger partial charge in [-0.15, -0.1) is 0 Å². The van der Waals surface area contributed by atoms with E-state index in [2.05, 4.69) is 24.9 Å². The molecule has 2 atom stereocenters. The van der Waals surface area contributed by atoms with Crippen molar-refractivity contribution in [3.63, 3.8) is 0 Å². The third kappa shape index (κ3) is 1.74. The minimum atomic E-state index is 0.332. The van der Waals surface area contributed by atoms with Gasteiger partial charge < -0.3 is 10.0 Å². The van der Waals surface area contributed by atoms with Crippen molar-refractivity contribution < 1.29 is 5.11 Å². The lowest BCUT2D eigenvalue weighted by atomic mass is 9.62. The zero-order chi connectivity index (χ0) is 12.8. The Morgan fingerprint density at radius 2 is 2.28 bits per heavy atom. The van der Waals surface area contributed by atoms with Crippen LogP contribution in [0.3, 0.4) is 0 Å². The number of piperidine rings is 1. The summed E-state index contributed by atoms with van der Waals surface area (Å²) >= 11 is 0. The highest BCUT2D eigenvalue weighted by atomic mass is 16.3. The highest BCUT2D eigenvalue weighted by Crippen LogP contribution is 2.48. The number of nitrogens with zero attached hydrogens (tertiary/aromatic N) is 1. The predicted octanol–water partition coefficient (Wildman–Crippen LogP) is 3.08. The van der Waals surface area contributed by atoms with Gasteiger partial charge in [-0.25, -0.2) is 0 Å². The quantitative estimate of drug-likeness (QED) is 0.865. The standard InChI is InChI=1S/C16H23NO/c1-3-6-16-7-8-17(2)13(11-16)9-12-4-5-14(18)10-15(12)16/h4-5,10,13,18H,3,6-9,11H2,1-2H3/t13?,16-/m0/s1. The summed E-state index contributed by atoms with van der Waals surface area (Å²) in [4.78, 5) is 2.52. The molecule has 0 aromatic heterocycles. The molecule has 1 aromatic rings. The number of rotatable bonds is 2. The molecule has 0 radical (unpaired) electrons. The molecule has 0 amide bonds. The van der Waals surface area contributed by atoms with Crippen molar-refractivity contribution >= 4 is 0 Å². The van der Waals surface area contributed by atoms with Gasteiger partial charge in [0.25, 0.3) is 0 Å². The fourth-order valence-corrected chi connectivity index (χ4v) is 4.08. The molecule has 1 aliphatic carbocycles. The predicted molar refractivity (Wildman–Crippen MR) is 74.0 cm³/mol. The van der Waals surface area contributed by atoms with E-state index in [4.69, 9.17) is 0 Å². The van der Waals surface area contributed by atoms with Crippen LogP contribution in [-0.4, -0.2) is 29.6 Å². The van der Waals surface area contributed by atoms with Crippen molar-refractivity contribution in [3.8, 4) is 5.75 Å². The molecule has 1 heterocycles. The van der Waals surface area contributed by atoms with E-state index in [1.807, 2.05) is 12.1 Å². The Morgan fingerprint density at radius 1 is 1.44 bits per heavy atom. The number of fused-ring (bicyclic) bond motifs is 4. The van der Waals surface area contributed by atoms with E-state index in [1.165, 1.54) is 43.4 Å². The molecule has 2 nitrogen and oxygen atoms in total. The molecule has 98 valence electrons. The number of benzene rings is 1. The van der Waals surface area contributed by atoms with Gasteiger partial charge in [0, 0.05) is 6.04 Å². The van der Waals surface area contributed by atoms with Crippen LogP contribution in [0.5, 0.6) is 5.75 Å². The van der Waals surface area contributed by atoms with E-state index >= 15 is 0 Å². The smallest absolute Gasteiger partial charge is 0.115 e. The molecule has 1 aliphatic heterocycles. The molecule has 3 rings (SSSR count). The van der Waals surface area contributed by atoms with Crippen molar-refractivity contribution in [2.24, 2.45) is 0 Å². The molecule has 0 saturated carbocycles. The van der Waals surface area contributed by atoms with E-state index in [1.54, 1.807) is 0 Å². The highest BCUT2D eigenvalue weighted by molar-refractivity contribution is 5.43. The summed E-state index contributed by atoms with van der Waals surface area (Å²) in [6.45, 7) is 3.47. The molecule has 1 fully saturated rings. The van der Waals surface area contributed by atoms with Crippen LogP contribution in [0.4, 0.5) is 0 Å². The number of phenolic OH excluding ortho intramolecular Hbond substituents is 1. The van der Waals surface area contributed by atoms with Crippen LogP contribution in [0.1, 0.15) is 43.7 Å². The van der Waals surface area contributed by atoms with Crippen LogP contribution in [0, 0.1) is 0 Å². The number of hydrogen-bond acceptors (Lipinski definition) is 2. The first-order chi connectivity index (χ1) is 8.64. The van der Waals surface area contributed by atoms with Gasteiger partial charge in [-0.1, -0.05) is 19.4 Å². The van der Waals surface area contributed by atoms with Crippen molar-refractivity contribution in [3.05, 3.63) is 29.3 Å². The van der Waals surface area contributed by atoms with Gasteiger partial charge in [-0.05, 0) is 68.0 Å². The zero-order valence-corrected chi connectivity index (χ0v) is 11.4. The average molecular weight is 245 g/mol. The molecule has 1 unspecified atom stereocenters. The van der Waals surface area contributed by atoms with Gasteiger partial charge in [-0.3, -0.25) is 0 Å². The Bertz CT molecular complexity index is 456. The molecule has 1 N–H and O–H groups in total. The first kappa shape index (κ1) is 12.0. The second kappa shape index (κ2) is 4.27. The minimum absolute atomic E-state index is 0.332. The SMILES string of the molecule is CCC[C@@]12CCN(C)C(Cc3ccc(O)cc31)C2. The lowest BCUT2D eigenvalue weighted by Gasteiger charge is -2.50.